The maximum Gasteiger partial charge on any atom is 0.408 e. The average Bonchev–Trinajstić information content (AvgIpc) is 3.00. The molecule has 0 aliphatic carbocycles. The molecule has 4 unspecified atom stereocenters. The van der Waals surface area contributed by atoms with Gasteiger partial charge in [0.15, 0.2) is 0 Å². The lowest BCUT2D eigenvalue weighted by Gasteiger charge is -2.30. The normalized spacial score (nSPS) is 18.1. The van der Waals surface area contributed by atoms with Crippen molar-refractivity contribution < 1.29 is 14.0 Å². The van der Waals surface area contributed by atoms with Crippen LogP contribution in [0.25, 0.3) is 11.1 Å². The number of benzene rings is 5. The second-order valence-electron chi connectivity index (χ2n) is 10.8. The van der Waals surface area contributed by atoms with E-state index in [-0.39, 0.29) is 17.8 Å². The van der Waals surface area contributed by atoms with Crippen LogP contribution in [0.2, 0.25) is 0 Å². The molecule has 5 aromatic rings. The van der Waals surface area contributed by atoms with Crippen molar-refractivity contribution in [1.82, 2.24) is 0 Å². The Morgan fingerprint density at radius 3 is 1.60 bits per heavy atom. The van der Waals surface area contributed by atoms with Crippen molar-refractivity contribution in [2.45, 2.75) is 38.5 Å². The first kappa shape index (κ1) is 26.3. The van der Waals surface area contributed by atoms with E-state index in [1.165, 1.54) is 5.56 Å². The third-order valence-corrected chi connectivity index (χ3v) is 9.75. The summed E-state index contributed by atoms with van der Waals surface area (Å²) in [6, 6.07) is 41.2. The van der Waals surface area contributed by atoms with Gasteiger partial charge in [-0.05, 0) is 39.9 Å². The Morgan fingerprint density at radius 1 is 0.550 bits per heavy atom. The van der Waals surface area contributed by atoms with Crippen LogP contribution in [0, 0.1) is 0 Å². The summed E-state index contributed by atoms with van der Waals surface area (Å²) < 4.78 is 19.9. The zero-order valence-corrected chi connectivity index (χ0v) is 23.9. The van der Waals surface area contributed by atoms with Gasteiger partial charge in [-0.3, -0.25) is 0 Å². The van der Waals surface area contributed by atoms with Crippen LogP contribution in [0.15, 0.2) is 121 Å². The fourth-order valence-electron chi connectivity index (χ4n) is 5.79. The van der Waals surface area contributed by atoms with Crippen LogP contribution in [0.5, 0.6) is 5.75 Å². The van der Waals surface area contributed by atoms with E-state index in [0.29, 0.717) is 11.1 Å². The molecule has 5 aromatic carbocycles. The summed E-state index contributed by atoms with van der Waals surface area (Å²) >= 11 is 0. The summed E-state index contributed by atoms with van der Waals surface area (Å²) in [5.41, 5.74) is 8.19. The SMILES string of the molecule is CC(c1ccccc1)c1cc2c(c(C(C)c3ccccc3)c1)OP(=O)(O)c1cc(C(C)c3ccccc3)ccc1-2. The second kappa shape index (κ2) is 10.6. The van der Waals surface area contributed by atoms with E-state index in [1.807, 2.05) is 54.6 Å². The van der Waals surface area contributed by atoms with E-state index in [9.17, 15) is 9.46 Å². The minimum absolute atomic E-state index is 0.0307. The highest BCUT2D eigenvalue weighted by molar-refractivity contribution is 7.62. The summed E-state index contributed by atoms with van der Waals surface area (Å²) in [5, 5.41) is 0.364. The molecule has 0 saturated carbocycles. The molecule has 0 spiro atoms. The number of rotatable bonds is 6. The lowest BCUT2D eigenvalue weighted by atomic mass is 9.83. The summed E-state index contributed by atoms with van der Waals surface area (Å²) in [6.45, 7) is 6.46. The molecule has 4 atom stereocenters. The smallest absolute Gasteiger partial charge is 0.408 e. The number of fused-ring (bicyclic) bond motifs is 3. The van der Waals surface area contributed by atoms with Gasteiger partial charge in [0.25, 0.3) is 0 Å². The molecule has 6 rings (SSSR count). The summed E-state index contributed by atoms with van der Waals surface area (Å²) in [7, 11) is -4.12. The maximum absolute atomic E-state index is 13.8. The molecule has 0 saturated heterocycles. The van der Waals surface area contributed by atoms with Crippen molar-refractivity contribution in [1.29, 1.82) is 0 Å². The van der Waals surface area contributed by atoms with E-state index in [4.69, 9.17) is 4.52 Å². The van der Waals surface area contributed by atoms with Crippen LogP contribution in [0.4, 0.5) is 0 Å². The largest absolute Gasteiger partial charge is 0.420 e. The first-order valence-electron chi connectivity index (χ1n) is 13.8. The monoisotopic (exact) mass is 544 g/mol. The van der Waals surface area contributed by atoms with Crippen LogP contribution in [0.3, 0.4) is 0 Å². The molecule has 1 N–H and O–H groups in total. The molecule has 1 aliphatic heterocycles. The Morgan fingerprint density at radius 2 is 1.05 bits per heavy atom. The Hall–Kier alpha value is -3.91. The molecule has 40 heavy (non-hydrogen) atoms. The molecule has 0 radical (unpaired) electrons. The van der Waals surface area contributed by atoms with Crippen molar-refractivity contribution in [2.24, 2.45) is 0 Å². The minimum Gasteiger partial charge on any atom is -0.420 e. The van der Waals surface area contributed by atoms with Gasteiger partial charge < -0.3 is 9.42 Å². The van der Waals surface area contributed by atoms with E-state index in [0.717, 1.165) is 38.9 Å². The lowest BCUT2D eigenvalue weighted by molar-refractivity contribution is 0.390. The molecule has 1 aliphatic rings. The molecular weight excluding hydrogens is 511 g/mol. The predicted octanol–water partition coefficient (Wildman–Crippen LogP) is 9.01. The summed E-state index contributed by atoms with van der Waals surface area (Å²) in [5.74, 6) is 0.683. The Bertz CT molecular complexity index is 1700. The van der Waals surface area contributed by atoms with Crippen molar-refractivity contribution in [3.8, 4) is 16.9 Å². The molecule has 3 nitrogen and oxygen atoms in total. The van der Waals surface area contributed by atoms with Crippen LogP contribution in [0.1, 0.15) is 71.9 Å². The third kappa shape index (κ3) is 4.81. The molecule has 4 heteroatoms. The Balaban J connectivity index is 1.54. The zero-order chi connectivity index (χ0) is 27.9. The topological polar surface area (TPSA) is 46.5 Å². The fraction of sp³-hybridized carbons (Fsp3) is 0.167. The molecule has 0 bridgehead atoms. The molecule has 200 valence electrons. The molecular formula is C36H33O3P. The van der Waals surface area contributed by atoms with Gasteiger partial charge in [-0.15, -0.1) is 0 Å². The molecule has 0 aromatic heterocycles. The number of hydrogen-bond donors (Lipinski definition) is 1. The zero-order valence-electron chi connectivity index (χ0n) is 23.0. The summed E-state index contributed by atoms with van der Waals surface area (Å²) in [4.78, 5) is 11.3. The Labute approximate surface area is 236 Å². The highest BCUT2D eigenvalue weighted by atomic mass is 31.2. The van der Waals surface area contributed by atoms with Gasteiger partial charge in [-0.25, -0.2) is 4.57 Å². The Kier molecular flexibility index (Phi) is 6.96. The lowest BCUT2D eigenvalue weighted by Crippen LogP contribution is -2.20. The molecule has 0 amide bonds. The van der Waals surface area contributed by atoms with Crippen LogP contribution in [-0.4, -0.2) is 4.89 Å². The van der Waals surface area contributed by atoms with E-state index in [1.54, 1.807) is 0 Å². The van der Waals surface area contributed by atoms with Crippen molar-refractivity contribution in [3.05, 3.63) is 155 Å². The fourth-order valence-corrected chi connectivity index (χ4v) is 7.15. The standard InChI is InChI=1S/C36H33O3P/c1-24(27-13-7-4-8-14-27)30-19-20-32-34-22-31(25(2)28-15-9-5-10-16-28)21-33(26(3)29-17-11-6-12-18-29)36(34)39-40(37,38)35(32)23-30/h4-26H,1-3H3,(H,37,38). The van der Waals surface area contributed by atoms with Gasteiger partial charge in [0.1, 0.15) is 5.75 Å². The minimum atomic E-state index is -4.12. The van der Waals surface area contributed by atoms with E-state index >= 15 is 0 Å². The van der Waals surface area contributed by atoms with Gasteiger partial charge in [-0.1, -0.05) is 130 Å². The second-order valence-corrected chi connectivity index (χ2v) is 12.5. The van der Waals surface area contributed by atoms with Crippen LogP contribution < -0.4 is 9.83 Å². The van der Waals surface area contributed by atoms with Gasteiger partial charge in [0, 0.05) is 34.4 Å². The first-order chi connectivity index (χ1) is 19.3. The molecule has 1 heterocycles. The van der Waals surface area contributed by atoms with Gasteiger partial charge in [-0.2, -0.15) is 0 Å². The van der Waals surface area contributed by atoms with Crippen LogP contribution in [-0.2, 0) is 4.57 Å². The first-order valence-corrected chi connectivity index (χ1v) is 15.4. The van der Waals surface area contributed by atoms with E-state index < -0.39 is 7.60 Å². The third-order valence-electron chi connectivity index (χ3n) is 8.34. The van der Waals surface area contributed by atoms with Crippen LogP contribution >= 0.6 is 7.60 Å². The predicted molar refractivity (Wildman–Crippen MR) is 164 cm³/mol. The highest BCUT2D eigenvalue weighted by Crippen LogP contribution is 2.55. The van der Waals surface area contributed by atoms with Crippen molar-refractivity contribution in [3.63, 3.8) is 0 Å². The van der Waals surface area contributed by atoms with E-state index in [2.05, 4.69) is 87.5 Å². The summed E-state index contributed by atoms with van der Waals surface area (Å²) in [6.07, 6.45) is 0. The van der Waals surface area contributed by atoms with Gasteiger partial charge >= 0.3 is 7.60 Å². The van der Waals surface area contributed by atoms with Gasteiger partial charge in [0.05, 0.1) is 5.30 Å². The number of hydrogen-bond acceptors (Lipinski definition) is 2. The van der Waals surface area contributed by atoms with Crippen molar-refractivity contribution >= 4 is 12.9 Å². The van der Waals surface area contributed by atoms with Crippen molar-refractivity contribution in [2.75, 3.05) is 0 Å². The maximum atomic E-state index is 13.8. The highest BCUT2D eigenvalue weighted by Gasteiger charge is 2.38. The quantitative estimate of drug-likeness (QED) is 0.217. The average molecular weight is 545 g/mol. The van der Waals surface area contributed by atoms with Gasteiger partial charge in [0.2, 0.25) is 0 Å². The molecule has 0 fully saturated rings.